The number of ether oxygens (including phenoxy) is 3. The molecule has 2 heterocycles. The van der Waals surface area contributed by atoms with Crippen molar-refractivity contribution in [2.45, 2.75) is 59.7 Å². The summed E-state index contributed by atoms with van der Waals surface area (Å²) in [6.07, 6.45) is 1.28. The molecule has 188 valence electrons. The number of carboxylic acids is 1. The van der Waals surface area contributed by atoms with Gasteiger partial charge in [-0.3, -0.25) is 10.6 Å². The zero-order chi connectivity index (χ0) is 26.1. The quantitative estimate of drug-likeness (QED) is 0.369. The lowest BCUT2D eigenvalue weighted by Gasteiger charge is -2.18. The van der Waals surface area contributed by atoms with Gasteiger partial charge in [0.1, 0.15) is 21.0 Å². The van der Waals surface area contributed by atoms with Crippen LogP contribution in [-0.2, 0) is 14.2 Å². The minimum atomic E-state index is -1.07. The molecule has 2 amide bonds. The van der Waals surface area contributed by atoms with Crippen molar-refractivity contribution in [1.29, 1.82) is 0 Å². The summed E-state index contributed by atoms with van der Waals surface area (Å²) in [6, 6.07) is 0. The molecule has 0 unspecified atom stereocenters. The number of carboxylic acid groups (broad SMARTS) is 1. The number of hydrogen-bond acceptors (Lipinski definition) is 11. The van der Waals surface area contributed by atoms with E-state index in [1.807, 2.05) is 0 Å². The minimum absolute atomic E-state index is 0.0612. The van der Waals surface area contributed by atoms with Crippen LogP contribution in [0.5, 0.6) is 0 Å². The number of esters is 1. The van der Waals surface area contributed by atoms with Gasteiger partial charge >= 0.3 is 24.1 Å². The maximum Gasteiger partial charge on any atom is 0.413 e. The maximum absolute atomic E-state index is 11.5. The summed E-state index contributed by atoms with van der Waals surface area (Å²) in [7, 11) is 0. The lowest BCUT2D eigenvalue weighted by atomic mass is 10.2. The Kier molecular flexibility index (Phi) is 10.4. The summed E-state index contributed by atoms with van der Waals surface area (Å²) < 4.78 is 14.9. The number of hydrogen-bond donors (Lipinski definition) is 3. The van der Waals surface area contributed by atoms with Gasteiger partial charge in [-0.25, -0.2) is 29.1 Å². The first-order valence-electron chi connectivity index (χ1n) is 9.91. The molecule has 2 rings (SSSR count). The zero-order valence-electron chi connectivity index (χ0n) is 19.9. The van der Waals surface area contributed by atoms with Crippen LogP contribution in [0.1, 0.15) is 67.8 Å². The van der Waals surface area contributed by atoms with Crippen molar-refractivity contribution in [1.82, 2.24) is 9.97 Å². The molecular weight excluding hydrogens is 488 g/mol. The molecule has 0 atom stereocenters. The van der Waals surface area contributed by atoms with E-state index in [1.165, 1.54) is 12.4 Å². The van der Waals surface area contributed by atoms with Crippen molar-refractivity contribution >= 4 is 57.1 Å². The van der Waals surface area contributed by atoms with Crippen molar-refractivity contribution in [2.24, 2.45) is 0 Å². The summed E-state index contributed by atoms with van der Waals surface area (Å²) in [6.45, 7) is 12.5. The molecular formula is C20H28N4O8S2. The second kappa shape index (κ2) is 12.3. The fourth-order valence-electron chi connectivity index (χ4n) is 1.84. The first-order chi connectivity index (χ1) is 15.6. The number of amides is 2. The Balaban J connectivity index is 0.000000342. The molecule has 12 nitrogen and oxygen atoms in total. The van der Waals surface area contributed by atoms with Gasteiger partial charge in [0.05, 0.1) is 19.0 Å². The van der Waals surface area contributed by atoms with Gasteiger partial charge < -0.3 is 19.3 Å². The molecule has 14 heteroatoms. The van der Waals surface area contributed by atoms with E-state index < -0.39 is 35.3 Å². The molecule has 0 saturated carbocycles. The Labute approximate surface area is 204 Å². The molecule has 0 aromatic carbocycles. The summed E-state index contributed by atoms with van der Waals surface area (Å²) in [5.41, 5.74) is -1.18. The van der Waals surface area contributed by atoms with Crippen LogP contribution in [0.25, 0.3) is 0 Å². The molecule has 0 aliphatic rings. The summed E-state index contributed by atoms with van der Waals surface area (Å²) >= 11 is 1.91. The van der Waals surface area contributed by atoms with Crippen LogP contribution in [0.4, 0.5) is 19.9 Å². The molecule has 2 aromatic heterocycles. The van der Waals surface area contributed by atoms with Gasteiger partial charge in [-0.1, -0.05) is 22.7 Å². The van der Waals surface area contributed by atoms with Gasteiger partial charge in [0.25, 0.3) is 0 Å². The number of carbonyl (C=O) groups excluding carboxylic acids is 3. The van der Waals surface area contributed by atoms with E-state index in [-0.39, 0.29) is 10.0 Å². The third-order valence-corrected chi connectivity index (χ3v) is 4.71. The van der Waals surface area contributed by atoms with Crippen LogP contribution >= 0.6 is 22.7 Å². The Morgan fingerprint density at radius 3 is 1.62 bits per heavy atom. The predicted molar refractivity (Wildman–Crippen MR) is 127 cm³/mol. The zero-order valence-corrected chi connectivity index (χ0v) is 21.5. The molecule has 3 N–H and O–H groups in total. The Bertz CT molecular complexity index is 1000. The number of aromatic nitrogens is 2. The first kappa shape index (κ1) is 28.8. The fourth-order valence-corrected chi connectivity index (χ4v) is 3.18. The van der Waals surface area contributed by atoms with Crippen molar-refractivity contribution in [3.63, 3.8) is 0 Å². The van der Waals surface area contributed by atoms with Gasteiger partial charge in [-0.05, 0) is 48.5 Å². The van der Waals surface area contributed by atoms with Gasteiger partial charge in [-0.15, -0.1) is 0 Å². The van der Waals surface area contributed by atoms with E-state index in [9.17, 15) is 19.2 Å². The summed E-state index contributed by atoms with van der Waals surface area (Å²) in [4.78, 5) is 52.7. The third-order valence-electron chi connectivity index (χ3n) is 2.91. The number of nitrogens with zero attached hydrogens (tertiary/aromatic N) is 2. The fraction of sp³-hybridized carbons (Fsp3) is 0.500. The van der Waals surface area contributed by atoms with Gasteiger partial charge in [-0.2, -0.15) is 0 Å². The van der Waals surface area contributed by atoms with Crippen molar-refractivity contribution < 1.29 is 38.5 Å². The number of aromatic carboxylic acids is 1. The highest BCUT2D eigenvalue weighted by Crippen LogP contribution is 2.20. The highest BCUT2D eigenvalue weighted by Gasteiger charge is 2.19. The third kappa shape index (κ3) is 11.6. The van der Waals surface area contributed by atoms with Crippen LogP contribution in [0.3, 0.4) is 0 Å². The first-order valence-corrected chi connectivity index (χ1v) is 11.5. The van der Waals surface area contributed by atoms with E-state index in [4.69, 9.17) is 19.3 Å². The highest BCUT2D eigenvalue weighted by atomic mass is 32.1. The maximum atomic E-state index is 11.5. The van der Waals surface area contributed by atoms with Crippen LogP contribution < -0.4 is 10.6 Å². The Morgan fingerprint density at radius 2 is 1.26 bits per heavy atom. The molecule has 0 spiro atoms. The standard InChI is InChI=1S/C11H16N2O4S.C9H12N2O4S/c1-5-16-8(14)7-6-12-9(18-7)13-10(15)17-11(2,3)4;1-9(2,3)15-8(14)11-7-10-4-5(16-7)6(12)13/h6H,5H2,1-4H3,(H,12,13,15);4H,1-3H3,(H,12,13)(H,10,11,14). The summed E-state index contributed by atoms with van der Waals surface area (Å²) in [5.74, 6) is -1.53. The number of rotatable bonds is 5. The average molecular weight is 517 g/mol. The summed E-state index contributed by atoms with van der Waals surface area (Å²) in [5, 5.41) is 14.0. The largest absolute Gasteiger partial charge is 0.477 e. The van der Waals surface area contributed by atoms with Crippen LogP contribution in [0.15, 0.2) is 12.4 Å². The van der Waals surface area contributed by atoms with E-state index >= 15 is 0 Å². The number of thiazole rings is 2. The van der Waals surface area contributed by atoms with Crippen molar-refractivity contribution in [2.75, 3.05) is 17.2 Å². The lowest BCUT2D eigenvalue weighted by Crippen LogP contribution is -2.27. The molecule has 0 aliphatic carbocycles. The molecule has 0 aliphatic heterocycles. The normalized spacial score (nSPS) is 10.9. The van der Waals surface area contributed by atoms with Gasteiger partial charge in [0, 0.05) is 0 Å². The monoisotopic (exact) mass is 516 g/mol. The second-order valence-corrected chi connectivity index (χ2v) is 10.4. The van der Waals surface area contributed by atoms with Crippen molar-refractivity contribution in [3.8, 4) is 0 Å². The highest BCUT2D eigenvalue weighted by molar-refractivity contribution is 7.17. The molecule has 34 heavy (non-hydrogen) atoms. The molecule has 0 fully saturated rings. The van der Waals surface area contributed by atoms with E-state index in [0.717, 1.165) is 22.7 Å². The molecule has 2 aromatic rings. The number of nitrogens with one attached hydrogen (secondary N) is 2. The molecule has 0 saturated heterocycles. The van der Waals surface area contributed by atoms with Crippen LogP contribution in [0.2, 0.25) is 0 Å². The number of anilines is 2. The van der Waals surface area contributed by atoms with Gasteiger partial charge in [0.15, 0.2) is 10.3 Å². The van der Waals surface area contributed by atoms with E-state index in [2.05, 4.69) is 20.6 Å². The Morgan fingerprint density at radius 1 is 0.853 bits per heavy atom. The van der Waals surface area contributed by atoms with Crippen LogP contribution in [0, 0.1) is 0 Å². The number of carbonyl (C=O) groups is 4. The van der Waals surface area contributed by atoms with E-state index in [0.29, 0.717) is 16.6 Å². The predicted octanol–water partition coefficient (Wildman–Crippen LogP) is 4.86. The Hall–Kier alpha value is -3.26. The minimum Gasteiger partial charge on any atom is -0.477 e. The molecule has 0 radical (unpaired) electrons. The second-order valence-electron chi connectivity index (χ2n) is 8.34. The SMILES string of the molecule is CC(C)(C)OC(=O)Nc1ncc(C(=O)O)s1.CCOC(=O)c1cnc(NC(=O)OC(C)(C)C)s1. The van der Waals surface area contributed by atoms with Crippen molar-refractivity contribution in [3.05, 3.63) is 22.1 Å². The topological polar surface area (TPSA) is 166 Å². The lowest BCUT2D eigenvalue weighted by molar-refractivity contribution is 0.0529. The smallest absolute Gasteiger partial charge is 0.413 e. The van der Waals surface area contributed by atoms with E-state index in [1.54, 1.807) is 48.5 Å². The molecule has 0 bridgehead atoms. The van der Waals surface area contributed by atoms with Crippen LogP contribution in [-0.4, -0.2) is 57.0 Å². The average Bonchev–Trinajstić information content (AvgIpc) is 3.29. The van der Waals surface area contributed by atoms with Gasteiger partial charge in [0.2, 0.25) is 0 Å².